The lowest BCUT2D eigenvalue weighted by Crippen LogP contribution is -2.13. The van der Waals surface area contributed by atoms with E-state index >= 15 is 0 Å². The van der Waals surface area contributed by atoms with Crippen molar-refractivity contribution < 1.29 is 0 Å². The van der Waals surface area contributed by atoms with Crippen LogP contribution in [0.4, 0.5) is 17.5 Å². The smallest absolute Gasteiger partial charge is 0.244 e. The van der Waals surface area contributed by atoms with Gasteiger partial charge in [0.25, 0.3) is 0 Å². The molecule has 0 aliphatic heterocycles. The molecule has 5 heteroatoms. The molecule has 19 heavy (non-hydrogen) atoms. The molecule has 2 rings (SSSR count). The lowest BCUT2D eigenvalue weighted by atomic mass is 10.1. The van der Waals surface area contributed by atoms with Crippen LogP contribution in [0, 0.1) is 0 Å². The van der Waals surface area contributed by atoms with E-state index in [1.165, 1.54) is 5.56 Å². The minimum atomic E-state index is 0.279. The molecule has 0 unspecified atom stereocenters. The second-order valence-corrected chi connectivity index (χ2v) is 4.64. The summed E-state index contributed by atoms with van der Waals surface area (Å²) < 4.78 is 0. The maximum Gasteiger partial charge on any atom is 0.244 e. The standard InChI is InChI=1S/C14H19N5/c1-4-11-5-7-12(8-6-11)17-13-9-15-19-14(18-13)16-10(2)3/h5-10H,4H2,1-3H3,(H2,16,17,18,19). The molecule has 1 aromatic carbocycles. The van der Waals surface area contributed by atoms with Gasteiger partial charge in [0.1, 0.15) is 0 Å². The SMILES string of the molecule is CCc1ccc(Nc2cnnc(NC(C)C)n2)cc1. The number of aryl methyl sites for hydroxylation is 1. The molecule has 0 fully saturated rings. The predicted molar refractivity (Wildman–Crippen MR) is 77.7 cm³/mol. The summed E-state index contributed by atoms with van der Waals surface area (Å²) in [7, 11) is 0. The van der Waals surface area contributed by atoms with Crippen LogP contribution in [0.2, 0.25) is 0 Å². The van der Waals surface area contributed by atoms with Crippen molar-refractivity contribution in [1.82, 2.24) is 15.2 Å². The van der Waals surface area contributed by atoms with E-state index in [1.807, 2.05) is 26.0 Å². The summed E-state index contributed by atoms with van der Waals surface area (Å²) in [6, 6.07) is 8.56. The molecule has 0 saturated heterocycles. The van der Waals surface area contributed by atoms with Crippen molar-refractivity contribution in [2.75, 3.05) is 10.6 Å². The highest BCUT2D eigenvalue weighted by atomic mass is 15.3. The lowest BCUT2D eigenvalue weighted by molar-refractivity contribution is 0.852. The number of rotatable bonds is 5. The Bertz CT molecular complexity index is 522. The van der Waals surface area contributed by atoms with Gasteiger partial charge < -0.3 is 10.6 Å². The molecule has 0 amide bonds. The van der Waals surface area contributed by atoms with E-state index in [9.17, 15) is 0 Å². The van der Waals surface area contributed by atoms with Crippen LogP contribution in [0.1, 0.15) is 26.3 Å². The number of aromatic nitrogens is 3. The topological polar surface area (TPSA) is 62.7 Å². The Labute approximate surface area is 113 Å². The average molecular weight is 257 g/mol. The zero-order valence-corrected chi connectivity index (χ0v) is 11.5. The molecule has 0 saturated carbocycles. The molecule has 0 radical (unpaired) electrons. The molecule has 5 nitrogen and oxygen atoms in total. The third-order valence-corrected chi connectivity index (χ3v) is 2.61. The Morgan fingerprint density at radius 2 is 1.89 bits per heavy atom. The van der Waals surface area contributed by atoms with Gasteiger partial charge in [0.2, 0.25) is 5.95 Å². The van der Waals surface area contributed by atoms with Crippen molar-refractivity contribution in [3.63, 3.8) is 0 Å². The third-order valence-electron chi connectivity index (χ3n) is 2.61. The van der Waals surface area contributed by atoms with E-state index in [-0.39, 0.29) is 6.04 Å². The van der Waals surface area contributed by atoms with Gasteiger partial charge in [-0.3, -0.25) is 0 Å². The molecule has 100 valence electrons. The maximum absolute atomic E-state index is 4.35. The van der Waals surface area contributed by atoms with Crippen LogP contribution in [-0.4, -0.2) is 21.2 Å². The Kier molecular flexibility index (Phi) is 4.28. The average Bonchev–Trinajstić information content (AvgIpc) is 2.39. The molecule has 0 bridgehead atoms. The second kappa shape index (κ2) is 6.13. The van der Waals surface area contributed by atoms with Crippen molar-refractivity contribution in [1.29, 1.82) is 0 Å². The van der Waals surface area contributed by atoms with Crippen LogP contribution in [-0.2, 0) is 6.42 Å². The van der Waals surface area contributed by atoms with Crippen molar-refractivity contribution >= 4 is 17.5 Å². The summed E-state index contributed by atoms with van der Waals surface area (Å²) in [6.07, 6.45) is 2.65. The first-order valence-electron chi connectivity index (χ1n) is 6.49. The van der Waals surface area contributed by atoms with Gasteiger partial charge in [-0.2, -0.15) is 10.1 Å². The van der Waals surface area contributed by atoms with Crippen LogP contribution in [0.15, 0.2) is 30.5 Å². The number of benzene rings is 1. The van der Waals surface area contributed by atoms with Crippen LogP contribution in [0.5, 0.6) is 0 Å². The summed E-state index contributed by atoms with van der Waals surface area (Å²) in [5.41, 5.74) is 2.31. The van der Waals surface area contributed by atoms with Crippen molar-refractivity contribution in [2.45, 2.75) is 33.2 Å². The Morgan fingerprint density at radius 1 is 1.16 bits per heavy atom. The van der Waals surface area contributed by atoms with Gasteiger partial charge in [-0.1, -0.05) is 19.1 Å². The lowest BCUT2D eigenvalue weighted by Gasteiger charge is -2.09. The van der Waals surface area contributed by atoms with E-state index in [4.69, 9.17) is 0 Å². The van der Waals surface area contributed by atoms with E-state index in [0.717, 1.165) is 12.1 Å². The zero-order chi connectivity index (χ0) is 13.7. The number of anilines is 3. The summed E-state index contributed by atoms with van der Waals surface area (Å²) in [5, 5.41) is 14.2. The monoisotopic (exact) mass is 257 g/mol. The van der Waals surface area contributed by atoms with Crippen molar-refractivity contribution in [3.05, 3.63) is 36.0 Å². The van der Waals surface area contributed by atoms with Crippen LogP contribution in [0.3, 0.4) is 0 Å². The summed E-state index contributed by atoms with van der Waals surface area (Å²) in [5.74, 6) is 1.22. The number of hydrogen-bond acceptors (Lipinski definition) is 5. The predicted octanol–water partition coefficient (Wildman–Crippen LogP) is 3.00. The van der Waals surface area contributed by atoms with Crippen molar-refractivity contribution in [2.24, 2.45) is 0 Å². The fourth-order valence-electron chi connectivity index (χ4n) is 1.65. The van der Waals surface area contributed by atoms with E-state index in [0.29, 0.717) is 11.8 Å². The second-order valence-electron chi connectivity index (χ2n) is 4.64. The van der Waals surface area contributed by atoms with E-state index < -0.39 is 0 Å². The molecule has 2 aromatic rings. The normalized spacial score (nSPS) is 10.5. The summed E-state index contributed by atoms with van der Waals surface area (Å²) in [6.45, 7) is 6.21. The Morgan fingerprint density at radius 3 is 2.53 bits per heavy atom. The number of nitrogens with zero attached hydrogens (tertiary/aromatic N) is 3. The highest BCUT2D eigenvalue weighted by molar-refractivity contribution is 5.56. The van der Waals surface area contributed by atoms with E-state index in [1.54, 1.807) is 6.20 Å². The molecule has 1 aromatic heterocycles. The molecule has 0 aliphatic rings. The third kappa shape index (κ3) is 3.91. The molecular weight excluding hydrogens is 238 g/mol. The number of hydrogen-bond donors (Lipinski definition) is 2. The Balaban J connectivity index is 2.09. The van der Waals surface area contributed by atoms with E-state index in [2.05, 4.69) is 44.9 Å². The summed E-state index contributed by atoms with van der Waals surface area (Å²) in [4.78, 5) is 4.35. The minimum absolute atomic E-state index is 0.279. The highest BCUT2D eigenvalue weighted by Gasteiger charge is 2.02. The molecule has 2 N–H and O–H groups in total. The van der Waals surface area contributed by atoms with Crippen LogP contribution >= 0.6 is 0 Å². The van der Waals surface area contributed by atoms with Gasteiger partial charge >= 0.3 is 0 Å². The molecule has 1 heterocycles. The molecular formula is C14H19N5. The first-order chi connectivity index (χ1) is 9.17. The fourth-order valence-corrected chi connectivity index (χ4v) is 1.65. The molecule has 0 atom stereocenters. The van der Waals surface area contributed by atoms with Gasteiger partial charge in [-0.15, -0.1) is 5.10 Å². The van der Waals surface area contributed by atoms with Gasteiger partial charge in [0.15, 0.2) is 5.82 Å². The quantitative estimate of drug-likeness (QED) is 0.862. The molecule has 0 aliphatic carbocycles. The van der Waals surface area contributed by atoms with Crippen molar-refractivity contribution in [3.8, 4) is 0 Å². The minimum Gasteiger partial charge on any atom is -0.351 e. The maximum atomic E-state index is 4.35. The van der Waals surface area contributed by atoms with Gasteiger partial charge in [-0.05, 0) is 38.0 Å². The first kappa shape index (κ1) is 13.3. The van der Waals surface area contributed by atoms with Gasteiger partial charge in [-0.25, -0.2) is 0 Å². The highest BCUT2D eigenvalue weighted by Crippen LogP contribution is 2.15. The van der Waals surface area contributed by atoms with Gasteiger partial charge in [0.05, 0.1) is 6.20 Å². The fraction of sp³-hybridized carbons (Fsp3) is 0.357. The number of nitrogens with one attached hydrogen (secondary N) is 2. The largest absolute Gasteiger partial charge is 0.351 e. The Hall–Kier alpha value is -2.17. The molecule has 0 spiro atoms. The van der Waals surface area contributed by atoms with Crippen LogP contribution < -0.4 is 10.6 Å². The first-order valence-corrected chi connectivity index (χ1v) is 6.49. The summed E-state index contributed by atoms with van der Waals surface area (Å²) >= 11 is 0. The van der Waals surface area contributed by atoms with Gasteiger partial charge in [0, 0.05) is 11.7 Å². The van der Waals surface area contributed by atoms with Crippen LogP contribution in [0.25, 0.3) is 0 Å². The zero-order valence-electron chi connectivity index (χ0n) is 11.5.